The van der Waals surface area contributed by atoms with Crippen molar-refractivity contribution in [2.75, 3.05) is 26.7 Å². The molecular formula is C18H30FIN4O2. The molecule has 6 nitrogen and oxygen atoms in total. The predicted molar refractivity (Wildman–Crippen MR) is 114 cm³/mol. The topological polar surface area (TPSA) is 74.8 Å². The van der Waals surface area contributed by atoms with E-state index in [1.54, 1.807) is 19.2 Å². The van der Waals surface area contributed by atoms with Crippen molar-refractivity contribution in [1.29, 1.82) is 0 Å². The number of amides is 1. The van der Waals surface area contributed by atoms with Crippen molar-refractivity contribution in [3.05, 3.63) is 30.1 Å². The highest BCUT2D eigenvalue weighted by molar-refractivity contribution is 14.0. The summed E-state index contributed by atoms with van der Waals surface area (Å²) in [6.45, 7) is 7.34. The molecule has 0 aromatic heterocycles. The molecule has 1 atom stereocenters. The minimum absolute atomic E-state index is 0. The number of carbonyl (C=O) groups is 1. The number of ether oxygens (including phenoxy) is 1. The van der Waals surface area contributed by atoms with Gasteiger partial charge in [0.15, 0.2) is 5.96 Å². The average molecular weight is 480 g/mol. The zero-order valence-corrected chi connectivity index (χ0v) is 18.2. The molecule has 0 fully saturated rings. The highest BCUT2D eigenvalue weighted by Crippen LogP contribution is 2.14. The third-order valence-corrected chi connectivity index (χ3v) is 3.52. The molecule has 0 aliphatic carbocycles. The molecule has 0 saturated heterocycles. The highest BCUT2D eigenvalue weighted by atomic mass is 127. The van der Waals surface area contributed by atoms with Gasteiger partial charge < -0.3 is 20.7 Å². The minimum Gasteiger partial charge on any atom is -0.489 e. The zero-order valence-electron chi connectivity index (χ0n) is 15.8. The minimum atomic E-state index is -0.318. The van der Waals surface area contributed by atoms with Gasteiger partial charge in [0.1, 0.15) is 17.7 Å². The van der Waals surface area contributed by atoms with Crippen molar-refractivity contribution in [3.8, 4) is 5.75 Å². The molecule has 8 heteroatoms. The summed E-state index contributed by atoms with van der Waals surface area (Å²) in [6, 6.07) is 6.11. The molecule has 1 unspecified atom stereocenters. The Balaban J connectivity index is 0.00000625. The van der Waals surface area contributed by atoms with Crippen molar-refractivity contribution in [1.82, 2.24) is 16.0 Å². The maximum Gasteiger partial charge on any atom is 0.222 e. The summed E-state index contributed by atoms with van der Waals surface area (Å²) in [5.74, 6) is 0.816. The number of aliphatic imine (C=N–C) groups is 1. The molecule has 0 aliphatic heterocycles. The van der Waals surface area contributed by atoms with Crippen LogP contribution in [0.1, 0.15) is 27.2 Å². The fourth-order valence-corrected chi connectivity index (χ4v) is 2.00. The molecule has 3 N–H and O–H groups in total. The summed E-state index contributed by atoms with van der Waals surface area (Å²) in [4.78, 5) is 15.6. The molecule has 1 rings (SSSR count). The lowest BCUT2D eigenvalue weighted by molar-refractivity contribution is -0.123. The molecule has 0 spiro atoms. The molecule has 1 aromatic rings. The summed E-state index contributed by atoms with van der Waals surface area (Å²) in [5.41, 5.74) is 0. The van der Waals surface area contributed by atoms with Crippen LogP contribution in [0.2, 0.25) is 0 Å². The molecule has 0 bridgehead atoms. The Morgan fingerprint density at radius 2 is 1.92 bits per heavy atom. The molecule has 0 radical (unpaired) electrons. The first-order valence-corrected chi connectivity index (χ1v) is 8.60. The van der Waals surface area contributed by atoms with Crippen LogP contribution in [-0.2, 0) is 4.79 Å². The number of rotatable bonds is 9. The molecule has 148 valence electrons. The largest absolute Gasteiger partial charge is 0.489 e. The van der Waals surface area contributed by atoms with Crippen LogP contribution in [0.25, 0.3) is 0 Å². The lowest BCUT2D eigenvalue weighted by Gasteiger charge is -2.20. The highest BCUT2D eigenvalue weighted by Gasteiger charge is 2.10. The number of nitrogens with zero attached hydrogens (tertiary/aromatic N) is 1. The maximum atomic E-state index is 13.2. The SMILES string of the molecule is CCC(CNC(=NC)NCCNC(=O)C(C)C)Oc1cccc(F)c1.I. The second-order valence-electron chi connectivity index (χ2n) is 5.93. The standard InChI is InChI=1S/C18H29FN4O2.HI/c1-5-15(25-16-8-6-7-14(19)11-16)12-23-18(20-4)22-10-9-21-17(24)13(2)3;/h6-8,11,13,15H,5,9-10,12H2,1-4H3,(H,21,24)(H2,20,22,23);1H. The summed E-state index contributed by atoms with van der Waals surface area (Å²) in [6.07, 6.45) is 0.659. The molecule has 0 aliphatic rings. The van der Waals surface area contributed by atoms with Crippen LogP contribution < -0.4 is 20.7 Å². The monoisotopic (exact) mass is 480 g/mol. The number of guanidine groups is 1. The van der Waals surface area contributed by atoms with E-state index >= 15 is 0 Å². The Labute approximate surface area is 172 Å². The van der Waals surface area contributed by atoms with Crippen molar-refractivity contribution in [2.45, 2.75) is 33.3 Å². The van der Waals surface area contributed by atoms with Crippen molar-refractivity contribution in [2.24, 2.45) is 10.9 Å². The van der Waals surface area contributed by atoms with Crippen molar-refractivity contribution >= 4 is 35.8 Å². The smallest absolute Gasteiger partial charge is 0.222 e. The van der Waals surface area contributed by atoms with E-state index in [1.807, 2.05) is 20.8 Å². The zero-order chi connectivity index (χ0) is 18.7. The summed E-state index contributed by atoms with van der Waals surface area (Å²) >= 11 is 0. The molecule has 0 saturated carbocycles. The van der Waals surface area contributed by atoms with Crippen LogP contribution in [0, 0.1) is 11.7 Å². The van der Waals surface area contributed by atoms with Gasteiger partial charge in [-0.25, -0.2) is 4.39 Å². The lowest BCUT2D eigenvalue weighted by Crippen LogP contribution is -2.45. The van der Waals surface area contributed by atoms with Crippen LogP contribution >= 0.6 is 24.0 Å². The van der Waals surface area contributed by atoms with E-state index in [9.17, 15) is 9.18 Å². The second kappa shape index (κ2) is 13.6. The van der Waals surface area contributed by atoms with Gasteiger partial charge in [-0.05, 0) is 18.6 Å². The van der Waals surface area contributed by atoms with Gasteiger partial charge in [-0.2, -0.15) is 0 Å². The van der Waals surface area contributed by atoms with Gasteiger partial charge in [0.25, 0.3) is 0 Å². The van der Waals surface area contributed by atoms with Gasteiger partial charge in [-0.1, -0.05) is 26.8 Å². The van der Waals surface area contributed by atoms with Gasteiger partial charge in [0, 0.05) is 32.1 Å². The molecule has 1 amide bonds. The first kappa shape index (κ1) is 24.4. The first-order valence-electron chi connectivity index (χ1n) is 8.60. The van der Waals surface area contributed by atoms with Crippen LogP contribution in [0.5, 0.6) is 5.75 Å². The van der Waals surface area contributed by atoms with Crippen LogP contribution in [-0.4, -0.2) is 44.7 Å². The second-order valence-corrected chi connectivity index (χ2v) is 5.93. The summed E-state index contributed by atoms with van der Waals surface area (Å²) in [5, 5.41) is 9.13. The van der Waals surface area contributed by atoms with Gasteiger partial charge in [-0.3, -0.25) is 9.79 Å². The van der Waals surface area contributed by atoms with Gasteiger partial charge in [0.2, 0.25) is 5.91 Å². The predicted octanol–water partition coefficient (Wildman–Crippen LogP) is 2.54. The van der Waals surface area contributed by atoms with E-state index in [0.29, 0.717) is 31.3 Å². The third kappa shape index (κ3) is 9.79. The Hall–Kier alpha value is -1.58. The fraction of sp³-hybridized carbons (Fsp3) is 0.556. The number of carbonyl (C=O) groups excluding carboxylic acids is 1. The van der Waals surface area contributed by atoms with Crippen molar-refractivity contribution < 1.29 is 13.9 Å². The quantitative estimate of drug-likeness (QED) is 0.220. The van der Waals surface area contributed by atoms with Gasteiger partial charge >= 0.3 is 0 Å². The third-order valence-electron chi connectivity index (χ3n) is 3.52. The fourth-order valence-electron chi connectivity index (χ4n) is 2.00. The number of nitrogens with one attached hydrogen (secondary N) is 3. The normalized spacial score (nSPS) is 12.2. The van der Waals surface area contributed by atoms with E-state index in [2.05, 4.69) is 20.9 Å². The van der Waals surface area contributed by atoms with E-state index in [1.165, 1.54) is 12.1 Å². The maximum absolute atomic E-state index is 13.2. The molecule has 0 heterocycles. The Kier molecular flexibility index (Phi) is 12.8. The van der Waals surface area contributed by atoms with E-state index in [0.717, 1.165) is 6.42 Å². The Morgan fingerprint density at radius 1 is 1.23 bits per heavy atom. The van der Waals surface area contributed by atoms with E-state index in [-0.39, 0.29) is 47.7 Å². The van der Waals surface area contributed by atoms with E-state index in [4.69, 9.17) is 4.74 Å². The Bertz CT molecular complexity index is 570. The molecule has 26 heavy (non-hydrogen) atoms. The number of hydrogen-bond donors (Lipinski definition) is 3. The van der Waals surface area contributed by atoms with Crippen LogP contribution in [0.3, 0.4) is 0 Å². The number of benzene rings is 1. The first-order chi connectivity index (χ1) is 12.0. The van der Waals surface area contributed by atoms with Gasteiger partial charge in [-0.15, -0.1) is 24.0 Å². The van der Waals surface area contributed by atoms with Crippen LogP contribution in [0.15, 0.2) is 29.3 Å². The average Bonchev–Trinajstić information content (AvgIpc) is 2.59. The van der Waals surface area contributed by atoms with E-state index < -0.39 is 0 Å². The summed E-state index contributed by atoms with van der Waals surface area (Å²) in [7, 11) is 1.68. The molecular weight excluding hydrogens is 450 g/mol. The van der Waals surface area contributed by atoms with Crippen LogP contribution in [0.4, 0.5) is 4.39 Å². The lowest BCUT2D eigenvalue weighted by atomic mass is 10.2. The number of halogens is 2. The van der Waals surface area contributed by atoms with Crippen molar-refractivity contribution in [3.63, 3.8) is 0 Å². The summed E-state index contributed by atoms with van der Waals surface area (Å²) < 4.78 is 19.0. The molecule has 1 aromatic carbocycles. The number of hydrogen-bond acceptors (Lipinski definition) is 3. The Morgan fingerprint density at radius 3 is 2.50 bits per heavy atom. The van der Waals surface area contributed by atoms with Gasteiger partial charge in [0.05, 0.1) is 6.54 Å².